The van der Waals surface area contributed by atoms with E-state index in [0.29, 0.717) is 6.54 Å². The van der Waals surface area contributed by atoms with Crippen molar-refractivity contribution >= 4 is 6.08 Å². The lowest BCUT2D eigenvalue weighted by Crippen LogP contribution is -2.15. The van der Waals surface area contributed by atoms with E-state index in [-0.39, 0.29) is 0 Å². The molecule has 0 amide bonds. The summed E-state index contributed by atoms with van der Waals surface area (Å²) in [6, 6.07) is 2.17. The minimum Gasteiger partial charge on any atom is -0.493 e. The van der Waals surface area contributed by atoms with Crippen molar-refractivity contribution in [3.63, 3.8) is 0 Å². The van der Waals surface area contributed by atoms with Crippen LogP contribution in [0.25, 0.3) is 6.08 Å². The predicted molar refractivity (Wildman–Crippen MR) is 72.2 cm³/mol. The number of fused-ring (bicyclic) bond motifs is 2. The molecular weight excluding hydrogens is 226 g/mol. The van der Waals surface area contributed by atoms with Gasteiger partial charge >= 0.3 is 0 Å². The van der Waals surface area contributed by atoms with Crippen molar-refractivity contribution in [1.29, 1.82) is 0 Å². The van der Waals surface area contributed by atoms with Crippen LogP contribution in [0.2, 0.25) is 0 Å². The van der Waals surface area contributed by atoms with Crippen molar-refractivity contribution in [3.05, 3.63) is 28.8 Å². The Bertz CT molecular complexity index is 446. The Kier molecular flexibility index (Phi) is 3.24. The van der Waals surface area contributed by atoms with Crippen LogP contribution < -0.4 is 15.2 Å². The van der Waals surface area contributed by atoms with Crippen LogP contribution in [0, 0.1) is 0 Å². The molecule has 0 aliphatic carbocycles. The van der Waals surface area contributed by atoms with E-state index < -0.39 is 0 Å². The van der Waals surface area contributed by atoms with Crippen LogP contribution in [0.1, 0.15) is 29.5 Å². The molecule has 2 aliphatic rings. The smallest absolute Gasteiger partial charge is 0.130 e. The van der Waals surface area contributed by atoms with E-state index in [4.69, 9.17) is 15.2 Å². The van der Waals surface area contributed by atoms with Gasteiger partial charge in [0.2, 0.25) is 0 Å². The minimum absolute atomic E-state index is 0.555. The van der Waals surface area contributed by atoms with E-state index >= 15 is 0 Å². The molecule has 2 heterocycles. The summed E-state index contributed by atoms with van der Waals surface area (Å²) in [6.45, 7) is 2.20. The molecule has 0 spiro atoms. The third-order valence-corrected chi connectivity index (χ3v) is 3.55. The SMILES string of the molecule is NC/C=C/c1c2c(cc3c1OCCC3)OCCC2. The van der Waals surface area contributed by atoms with Gasteiger partial charge in [-0.15, -0.1) is 0 Å². The fraction of sp³-hybridized carbons (Fsp3) is 0.467. The standard InChI is InChI=1S/C15H19NO2/c16-7-1-5-13-12-6-3-8-17-14(12)10-11-4-2-9-18-15(11)13/h1,5,10H,2-4,6-9,16H2/b5-1+. The average molecular weight is 245 g/mol. The third kappa shape index (κ3) is 1.99. The summed E-state index contributed by atoms with van der Waals surface area (Å²) < 4.78 is 11.7. The molecule has 3 heteroatoms. The average Bonchev–Trinajstić information content (AvgIpc) is 2.43. The van der Waals surface area contributed by atoms with Crippen molar-refractivity contribution < 1.29 is 9.47 Å². The second-order valence-electron chi connectivity index (χ2n) is 4.80. The van der Waals surface area contributed by atoms with Gasteiger partial charge in [0, 0.05) is 17.7 Å². The van der Waals surface area contributed by atoms with E-state index in [1.165, 1.54) is 16.7 Å². The fourth-order valence-corrected chi connectivity index (χ4v) is 2.73. The van der Waals surface area contributed by atoms with Crippen LogP contribution in [0.15, 0.2) is 12.1 Å². The number of hydrogen-bond donors (Lipinski definition) is 1. The first-order chi connectivity index (χ1) is 8.90. The topological polar surface area (TPSA) is 44.5 Å². The molecule has 0 atom stereocenters. The number of nitrogens with two attached hydrogens (primary N) is 1. The van der Waals surface area contributed by atoms with E-state index in [1.54, 1.807) is 0 Å². The van der Waals surface area contributed by atoms with Crippen LogP contribution in [-0.2, 0) is 12.8 Å². The zero-order valence-corrected chi connectivity index (χ0v) is 10.6. The van der Waals surface area contributed by atoms with Gasteiger partial charge in [-0.05, 0) is 37.3 Å². The van der Waals surface area contributed by atoms with E-state index in [0.717, 1.165) is 50.4 Å². The molecule has 0 fully saturated rings. The fourth-order valence-electron chi connectivity index (χ4n) is 2.73. The zero-order chi connectivity index (χ0) is 12.4. The summed E-state index contributed by atoms with van der Waals surface area (Å²) in [5.74, 6) is 2.09. The Labute approximate surface area is 108 Å². The van der Waals surface area contributed by atoms with Crippen LogP contribution >= 0.6 is 0 Å². The molecule has 0 saturated heterocycles. The number of rotatable bonds is 2. The summed E-state index contributed by atoms with van der Waals surface area (Å²) in [5.41, 5.74) is 9.32. The van der Waals surface area contributed by atoms with Gasteiger partial charge in [-0.3, -0.25) is 0 Å². The highest BCUT2D eigenvalue weighted by Gasteiger charge is 2.22. The molecule has 18 heavy (non-hydrogen) atoms. The van der Waals surface area contributed by atoms with Gasteiger partial charge in [-0.1, -0.05) is 12.2 Å². The van der Waals surface area contributed by atoms with Crippen molar-refractivity contribution in [2.75, 3.05) is 19.8 Å². The van der Waals surface area contributed by atoms with E-state index in [2.05, 4.69) is 12.1 Å². The minimum atomic E-state index is 0.555. The monoisotopic (exact) mass is 245 g/mol. The predicted octanol–water partition coefficient (Wildman–Crippen LogP) is 2.31. The zero-order valence-electron chi connectivity index (χ0n) is 10.6. The third-order valence-electron chi connectivity index (χ3n) is 3.55. The highest BCUT2D eigenvalue weighted by Crippen LogP contribution is 2.40. The number of ether oxygens (including phenoxy) is 2. The summed E-state index contributed by atoms with van der Waals surface area (Å²) in [7, 11) is 0. The maximum absolute atomic E-state index is 5.87. The Morgan fingerprint density at radius 2 is 2.00 bits per heavy atom. The highest BCUT2D eigenvalue weighted by atomic mass is 16.5. The van der Waals surface area contributed by atoms with Crippen molar-refractivity contribution in [1.82, 2.24) is 0 Å². The first kappa shape index (κ1) is 11.6. The molecule has 0 aromatic heterocycles. The Hall–Kier alpha value is -1.48. The lowest BCUT2D eigenvalue weighted by molar-refractivity contribution is 0.272. The van der Waals surface area contributed by atoms with Gasteiger partial charge in [0.15, 0.2) is 0 Å². The molecule has 2 aliphatic heterocycles. The second kappa shape index (κ2) is 5.02. The van der Waals surface area contributed by atoms with Crippen LogP contribution in [0.4, 0.5) is 0 Å². The lowest BCUT2D eigenvalue weighted by Gasteiger charge is -2.26. The summed E-state index contributed by atoms with van der Waals surface area (Å²) in [5, 5.41) is 0. The molecule has 1 aromatic carbocycles. The molecule has 3 nitrogen and oxygen atoms in total. The first-order valence-corrected chi connectivity index (χ1v) is 6.71. The molecule has 96 valence electrons. The molecule has 0 bridgehead atoms. The first-order valence-electron chi connectivity index (χ1n) is 6.71. The van der Waals surface area contributed by atoms with Crippen molar-refractivity contribution in [2.24, 2.45) is 5.73 Å². The van der Waals surface area contributed by atoms with Gasteiger partial charge in [-0.2, -0.15) is 0 Å². The van der Waals surface area contributed by atoms with Gasteiger partial charge in [-0.25, -0.2) is 0 Å². The normalized spacial score (nSPS) is 17.8. The maximum Gasteiger partial charge on any atom is 0.130 e. The molecule has 0 saturated carbocycles. The van der Waals surface area contributed by atoms with Crippen LogP contribution in [0.5, 0.6) is 11.5 Å². The molecular formula is C15H19NO2. The number of hydrogen-bond acceptors (Lipinski definition) is 3. The van der Waals surface area contributed by atoms with Gasteiger partial charge < -0.3 is 15.2 Å². The Morgan fingerprint density at radius 1 is 1.17 bits per heavy atom. The largest absolute Gasteiger partial charge is 0.493 e. The molecule has 0 unspecified atom stereocenters. The maximum atomic E-state index is 5.87. The Balaban J connectivity index is 2.14. The van der Waals surface area contributed by atoms with E-state index in [9.17, 15) is 0 Å². The van der Waals surface area contributed by atoms with Crippen LogP contribution in [-0.4, -0.2) is 19.8 Å². The molecule has 2 N–H and O–H groups in total. The Morgan fingerprint density at radius 3 is 2.89 bits per heavy atom. The quantitative estimate of drug-likeness (QED) is 0.869. The highest BCUT2D eigenvalue weighted by molar-refractivity contribution is 5.68. The number of benzene rings is 1. The summed E-state index contributed by atoms with van der Waals surface area (Å²) in [4.78, 5) is 0. The lowest BCUT2D eigenvalue weighted by atomic mass is 9.93. The van der Waals surface area contributed by atoms with Crippen molar-refractivity contribution in [2.45, 2.75) is 25.7 Å². The summed E-state index contributed by atoms with van der Waals surface area (Å²) >= 11 is 0. The van der Waals surface area contributed by atoms with Gasteiger partial charge in [0.25, 0.3) is 0 Å². The van der Waals surface area contributed by atoms with Gasteiger partial charge in [0.1, 0.15) is 11.5 Å². The molecule has 1 aromatic rings. The summed E-state index contributed by atoms with van der Waals surface area (Å²) in [6.07, 6.45) is 8.40. The van der Waals surface area contributed by atoms with Crippen molar-refractivity contribution in [3.8, 4) is 11.5 Å². The number of aryl methyl sites for hydroxylation is 1. The van der Waals surface area contributed by atoms with E-state index in [1.807, 2.05) is 6.08 Å². The molecule has 0 radical (unpaired) electrons. The second-order valence-corrected chi connectivity index (χ2v) is 4.80. The van der Waals surface area contributed by atoms with Crippen LogP contribution in [0.3, 0.4) is 0 Å². The van der Waals surface area contributed by atoms with Gasteiger partial charge in [0.05, 0.1) is 13.2 Å². The molecule has 3 rings (SSSR count).